The van der Waals surface area contributed by atoms with Crippen LogP contribution in [0.4, 0.5) is 14.5 Å². The van der Waals surface area contributed by atoms with Gasteiger partial charge in [0.1, 0.15) is 17.7 Å². The molecule has 0 bridgehead atoms. The van der Waals surface area contributed by atoms with Crippen molar-refractivity contribution in [1.29, 1.82) is 5.26 Å². The maximum absolute atomic E-state index is 14.8. The lowest BCUT2D eigenvalue weighted by molar-refractivity contribution is -0.0170. The molecule has 1 N–H and O–H groups in total. The SMILES string of the molecule is N#Cc1cc(C23COCCC2CN(c2ccccc2)C(=S)N3)c(F)cc1F. The third-order valence-electron chi connectivity index (χ3n) is 5.34. The number of nitriles is 1. The number of ether oxygens (including phenoxy) is 1. The molecule has 2 fully saturated rings. The number of nitrogens with zero attached hydrogens (tertiary/aromatic N) is 2. The van der Waals surface area contributed by atoms with Gasteiger partial charge in [0.05, 0.1) is 17.7 Å². The quantitative estimate of drug-likeness (QED) is 0.803. The molecule has 0 aliphatic carbocycles. The van der Waals surface area contributed by atoms with E-state index >= 15 is 0 Å². The predicted molar refractivity (Wildman–Crippen MR) is 101 cm³/mol. The molecule has 4 nitrogen and oxygen atoms in total. The fraction of sp³-hybridized carbons (Fsp3) is 0.300. The van der Waals surface area contributed by atoms with Crippen molar-refractivity contribution in [1.82, 2.24) is 5.32 Å². The first-order valence-electron chi connectivity index (χ1n) is 8.67. The fourth-order valence-electron chi connectivity index (χ4n) is 3.94. The van der Waals surface area contributed by atoms with Gasteiger partial charge in [-0.05, 0) is 36.8 Å². The van der Waals surface area contributed by atoms with Crippen LogP contribution < -0.4 is 10.2 Å². The zero-order valence-electron chi connectivity index (χ0n) is 14.4. The fourth-order valence-corrected chi connectivity index (χ4v) is 4.30. The molecule has 138 valence electrons. The van der Waals surface area contributed by atoms with Crippen molar-refractivity contribution in [3.8, 4) is 6.07 Å². The third kappa shape index (κ3) is 2.95. The number of rotatable bonds is 2. The highest BCUT2D eigenvalue weighted by molar-refractivity contribution is 7.80. The Morgan fingerprint density at radius 3 is 2.74 bits per heavy atom. The predicted octanol–water partition coefficient (Wildman–Crippen LogP) is 3.46. The molecule has 2 aliphatic heterocycles. The van der Waals surface area contributed by atoms with E-state index < -0.39 is 17.2 Å². The average molecular weight is 385 g/mol. The molecule has 27 heavy (non-hydrogen) atoms. The van der Waals surface area contributed by atoms with Gasteiger partial charge >= 0.3 is 0 Å². The van der Waals surface area contributed by atoms with E-state index in [0.29, 0.717) is 24.7 Å². The minimum Gasteiger partial charge on any atom is -0.379 e. The molecule has 0 spiro atoms. The molecular weight excluding hydrogens is 368 g/mol. The Hall–Kier alpha value is -2.56. The maximum atomic E-state index is 14.8. The van der Waals surface area contributed by atoms with Crippen LogP contribution >= 0.6 is 12.2 Å². The molecule has 2 aliphatic rings. The summed E-state index contributed by atoms with van der Waals surface area (Å²) in [5, 5.41) is 12.9. The Bertz CT molecular complexity index is 931. The summed E-state index contributed by atoms with van der Waals surface area (Å²) < 4.78 is 34.3. The van der Waals surface area contributed by atoms with E-state index in [1.54, 1.807) is 6.07 Å². The van der Waals surface area contributed by atoms with Crippen LogP contribution in [0.2, 0.25) is 0 Å². The number of anilines is 1. The van der Waals surface area contributed by atoms with Crippen LogP contribution in [0.15, 0.2) is 42.5 Å². The lowest BCUT2D eigenvalue weighted by Crippen LogP contribution is -2.67. The van der Waals surface area contributed by atoms with Crippen molar-refractivity contribution in [2.45, 2.75) is 12.0 Å². The van der Waals surface area contributed by atoms with E-state index in [1.165, 1.54) is 6.07 Å². The van der Waals surface area contributed by atoms with Crippen LogP contribution in [-0.2, 0) is 10.3 Å². The second kappa shape index (κ2) is 6.87. The summed E-state index contributed by atoms with van der Waals surface area (Å²) >= 11 is 5.58. The standard InChI is InChI=1S/C20H17F2N3OS/c21-17-9-18(22)16(8-13(17)10-23)20-12-26-7-6-14(20)11-25(19(27)24-20)15-4-2-1-3-5-15/h1-5,8-9,14H,6-7,11-12H2,(H,24,27). The molecule has 7 heteroatoms. The van der Waals surface area contributed by atoms with Gasteiger partial charge in [-0.15, -0.1) is 0 Å². The first-order chi connectivity index (χ1) is 13.0. The van der Waals surface area contributed by atoms with Gasteiger partial charge in [0.15, 0.2) is 5.11 Å². The lowest BCUT2D eigenvalue weighted by atomic mass is 9.73. The van der Waals surface area contributed by atoms with Crippen LogP contribution in [0.1, 0.15) is 17.5 Å². The summed E-state index contributed by atoms with van der Waals surface area (Å²) in [4.78, 5) is 1.98. The van der Waals surface area contributed by atoms with Crippen molar-refractivity contribution >= 4 is 23.0 Å². The van der Waals surface area contributed by atoms with Gasteiger partial charge in [-0.25, -0.2) is 8.78 Å². The molecule has 0 amide bonds. The number of hydrogen-bond acceptors (Lipinski definition) is 3. The first-order valence-corrected chi connectivity index (χ1v) is 9.08. The van der Waals surface area contributed by atoms with Crippen molar-refractivity contribution in [2.75, 3.05) is 24.7 Å². The van der Waals surface area contributed by atoms with E-state index in [0.717, 1.165) is 11.8 Å². The van der Waals surface area contributed by atoms with E-state index in [1.807, 2.05) is 35.2 Å². The number of fused-ring (bicyclic) bond motifs is 1. The molecular formula is C20H17F2N3OS. The van der Waals surface area contributed by atoms with E-state index in [9.17, 15) is 14.0 Å². The lowest BCUT2D eigenvalue weighted by Gasteiger charge is -2.52. The summed E-state index contributed by atoms with van der Waals surface area (Å²) in [7, 11) is 0. The van der Waals surface area contributed by atoms with Gasteiger partial charge < -0.3 is 15.0 Å². The summed E-state index contributed by atoms with van der Waals surface area (Å²) in [6.45, 7) is 1.34. The molecule has 0 radical (unpaired) electrons. The molecule has 2 aromatic rings. The molecule has 2 atom stereocenters. The Balaban J connectivity index is 1.78. The summed E-state index contributed by atoms with van der Waals surface area (Å²) in [5.74, 6) is -1.59. The van der Waals surface area contributed by atoms with Crippen molar-refractivity contribution in [3.05, 3.63) is 65.2 Å². The highest BCUT2D eigenvalue weighted by atomic mass is 32.1. The molecule has 2 saturated heterocycles. The van der Waals surface area contributed by atoms with Gasteiger partial charge in [0, 0.05) is 36.4 Å². The number of benzene rings is 2. The number of hydrogen-bond donors (Lipinski definition) is 1. The molecule has 4 rings (SSSR count). The highest BCUT2D eigenvalue weighted by Gasteiger charge is 2.50. The van der Waals surface area contributed by atoms with Gasteiger partial charge in [0.2, 0.25) is 0 Å². The zero-order valence-corrected chi connectivity index (χ0v) is 15.2. The van der Waals surface area contributed by atoms with Gasteiger partial charge in [-0.3, -0.25) is 0 Å². The number of halogens is 2. The second-order valence-electron chi connectivity index (χ2n) is 6.81. The van der Waals surface area contributed by atoms with Crippen LogP contribution in [0, 0.1) is 28.9 Å². The van der Waals surface area contributed by atoms with Crippen LogP contribution in [0.3, 0.4) is 0 Å². The Labute approximate surface area is 161 Å². The normalized spacial score (nSPS) is 24.7. The smallest absolute Gasteiger partial charge is 0.174 e. The van der Waals surface area contributed by atoms with E-state index in [2.05, 4.69) is 5.32 Å². The van der Waals surface area contributed by atoms with Crippen molar-refractivity contribution in [2.24, 2.45) is 5.92 Å². The first kappa shape index (κ1) is 17.8. The van der Waals surface area contributed by atoms with Gasteiger partial charge in [0.25, 0.3) is 0 Å². The van der Waals surface area contributed by atoms with Crippen LogP contribution in [0.25, 0.3) is 0 Å². The number of nitrogens with one attached hydrogen (secondary N) is 1. The van der Waals surface area contributed by atoms with Crippen molar-refractivity contribution in [3.63, 3.8) is 0 Å². The minimum absolute atomic E-state index is 0.0235. The highest BCUT2D eigenvalue weighted by Crippen LogP contribution is 2.41. The third-order valence-corrected chi connectivity index (χ3v) is 5.66. The Morgan fingerprint density at radius 2 is 2.00 bits per heavy atom. The topological polar surface area (TPSA) is 48.3 Å². The number of thiocarbonyl (C=S) groups is 1. The zero-order chi connectivity index (χ0) is 19.0. The molecule has 2 aromatic carbocycles. The number of para-hydroxylation sites is 1. The van der Waals surface area contributed by atoms with Crippen LogP contribution in [0.5, 0.6) is 0 Å². The summed E-state index contributed by atoms with van der Waals surface area (Å²) in [5.41, 5.74) is 0.0557. The van der Waals surface area contributed by atoms with Gasteiger partial charge in [-0.2, -0.15) is 5.26 Å². The molecule has 2 heterocycles. The second-order valence-corrected chi connectivity index (χ2v) is 7.20. The summed E-state index contributed by atoms with van der Waals surface area (Å²) in [6, 6.07) is 13.6. The monoisotopic (exact) mass is 385 g/mol. The van der Waals surface area contributed by atoms with Gasteiger partial charge in [-0.1, -0.05) is 18.2 Å². The van der Waals surface area contributed by atoms with E-state index in [-0.39, 0.29) is 23.7 Å². The summed E-state index contributed by atoms with van der Waals surface area (Å²) in [6.07, 6.45) is 0.692. The Morgan fingerprint density at radius 1 is 1.22 bits per heavy atom. The van der Waals surface area contributed by atoms with E-state index in [4.69, 9.17) is 17.0 Å². The average Bonchev–Trinajstić information content (AvgIpc) is 2.68. The largest absolute Gasteiger partial charge is 0.379 e. The molecule has 0 saturated carbocycles. The maximum Gasteiger partial charge on any atom is 0.174 e. The molecule has 0 aromatic heterocycles. The van der Waals surface area contributed by atoms with Crippen molar-refractivity contribution < 1.29 is 13.5 Å². The molecule has 2 unspecified atom stereocenters. The Kier molecular flexibility index (Phi) is 4.54. The minimum atomic E-state index is -0.927. The van der Waals surface area contributed by atoms with Crippen LogP contribution in [-0.4, -0.2) is 24.9 Å².